The highest BCUT2D eigenvalue weighted by molar-refractivity contribution is 5.30. The molecule has 106 valence electrons. The van der Waals surface area contributed by atoms with Crippen molar-refractivity contribution in [1.82, 2.24) is 9.97 Å². The van der Waals surface area contributed by atoms with Gasteiger partial charge in [-0.2, -0.15) is 0 Å². The highest BCUT2D eigenvalue weighted by Crippen LogP contribution is 2.24. The number of aromatic nitrogens is 2. The molecule has 19 heavy (non-hydrogen) atoms. The molecule has 2 rings (SSSR count). The van der Waals surface area contributed by atoms with Crippen molar-refractivity contribution in [3.8, 4) is 0 Å². The molecule has 1 aliphatic rings. The number of hydrogen-bond acceptors (Lipinski definition) is 3. The van der Waals surface area contributed by atoms with E-state index in [1.807, 2.05) is 6.92 Å². The van der Waals surface area contributed by atoms with Crippen LogP contribution in [-0.4, -0.2) is 16.0 Å². The van der Waals surface area contributed by atoms with Crippen molar-refractivity contribution in [3.05, 3.63) is 17.5 Å². The Labute approximate surface area is 117 Å². The fourth-order valence-electron chi connectivity index (χ4n) is 2.77. The van der Waals surface area contributed by atoms with Gasteiger partial charge in [0.1, 0.15) is 0 Å². The van der Waals surface area contributed by atoms with Gasteiger partial charge in [0.05, 0.1) is 0 Å². The van der Waals surface area contributed by atoms with Crippen molar-refractivity contribution in [2.24, 2.45) is 5.92 Å². The van der Waals surface area contributed by atoms with Crippen LogP contribution in [0, 0.1) is 12.8 Å². The maximum Gasteiger partial charge on any atom is 0.223 e. The highest BCUT2D eigenvalue weighted by Gasteiger charge is 2.17. The Kier molecular flexibility index (Phi) is 4.78. The van der Waals surface area contributed by atoms with Crippen LogP contribution in [0.5, 0.6) is 0 Å². The van der Waals surface area contributed by atoms with Crippen LogP contribution in [0.15, 0.2) is 6.07 Å². The molecule has 0 spiro atoms. The van der Waals surface area contributed by atoms with Gasteiger partial charge >= 0.3 is 0 Å². The van der Waals surface area contributed by atoms with Gasteiger partial charge in [-0.25, -0.2) is 9.97 Å². The molecule has 1 saturated carbocycles. The van der Waals surface area contributed by atoms with Crippen LogP contribution in [0.4, 0.5) is 5.95 Å². The molecule has 1 aromatic heterocycles. The second-order valence-corrected chi connectivity index (χ2v) is 6.37. The Bertz CT molecular complexity index is 414. The quantitative estimate of drug-likeness (QED) is 0.825. The summed E-state index contributed by atoms with van der Waals surface area (Å²) in [7, 11) is 0. The van der Waals surface area contributed by atoms with Gasteiger partial charge in [0, 0.05) is 17.4 Å². The van der Waals surface area contributed by atoms with Crippen LogP contribution in [0.1, 0.15) is 70.2 Å². The summed E-state index contributed by atoms with van der Waals surface area (Å²) < 4.78 is 0. The lowest BCUT2D eigenvalue weighted by molar-refractivity contribution is 0.501. The first-order valence-corrected chi connectivity index (χ1v) is 7.66. The zero-order valence-corrected chi connectivity index (χ0v) is 12.7. The zero-order valence-electron chi connectivity index (χ0n) is 12.7. The Morgan fingerprint density at radius 3 is 2.68 bits per heavy atom. The van der Waals surface area contributed by atoms with Crippen molar-refractivity contribution in [2.45, 2.75) is 71.8 Å². The standard InChI is InChI=1S/C16H27N3/c1-11(2)15-10-13(4)17-16(19-15)18-14-7-5-6-12(3)8-9-14/h10-12,14H,5-9H2,1-4H3,(H,17,18,19). The number of aryl methyl sites for hydroxylation is 1. The van der Waals surface area contributed by atoms with Gasteiger partial charge in [-0.1, -0.05) is 33.6 Å². The van der Waals surface area contributed by atoms with Gasteiger partial charge in [0.25, 0.3) is 0 Å². The average Bonchev–Trinajstić information content (AvgIpc) is 2.54. The van der Waals surface area contributed by atoms with Crippen molar-refractivity contribution < 1.29 is 0 Å². The third-order valence-corrected chi connectivity index (χ3v) is 4.06. The number of nitrogens with one attached hydrogen (secondary N) is 1. The van der Waals surface area contributed by atoms with Crippen molar-refractivity contribution in [2.75, 3.05) is 5.32 Å². The summed E-state index contributed by atoms with van der Waals surface area (Å²) in [5.74, 6) is 2.15. The first-order valence-electron chi connectivity index (χ1n) is 7.66. The largest absolute Gasteiger partial charge is 0.351 e. The normalized spacial score (nSPS) is 24.3. The Balaban J connectivity index is 2.05. The smallest absolute Gasteiger partial charge is 0.223 e. The maximum absolute atomic E-state index is 4.65. The van der Waals surface area contributed by atoms with E-state index >= 15 is 0 Å². The lowest BCUT2D eigenvalue weighted by Gasteiger charge is -2.17. The van der Waals surface area contributed by atoms with Gasteiger partial charge in [-0.05, 0) is 44.1 Å². The SMILES string of the molecule is Cc1cc(C(C)C)nc(NC2CCCC(C)CC2)n1. The lowest BCUT2D eigenvalue weighted by Crippen LogP contribution is -2.20. The van der Waals surface area contributed by atoms with E-state index in [0.717, 1.165) is 23.3 Å². The molecule has 0 aromatic carbocycles. The molecule has 3 nitrogen and oxygen atoms in total. The summed E-state index contributed by atoms with van der Waals surface area (Å²) in [6.45, 7) is 8.77. The van der Waals surface area contributed by atoms with Gasteiger partial charge in [-0.3, -0.25) is 0 Å². The number of nitrogens with zero attached hydrogens (tertiary/aromatic N) is 2. The lowest BCUT2D eigenvalue weighted by atomic mass is 10.0. The van der Waals surface area contributed by atoms with E-state index in [0.29, 0.717) is 12.0 Å². The minimum absolute atomic E-state index is 0.455. The van der Waals surface area contributed by atoms with Crippen LogP contribution >= 0.6 is 0 Å². The van der Waals surface area contributed by atoms with Crippen molar-refractivity contribution in [1.29, 1.82) is 0 Å². The van der Waals surface area contributed by atoms with Gasteiger partial charge in [-0.15, -0.1) is 0 Å². The van der Waals surface area contributed by atoms with Gasteiger partial charge in [0.15, 0.2) is 0 Å². The van der Waals surface area contributed by atoms with Crippen LogP contribution < -0.4 is 5.32 Å². The molecular formula is C16H27N3. The molecule has 1 aromatic rings. The predicted octanol–water partition coefficient (Wildman–Crippen LogP) is 4.29. The van der Waals surface area contributed by atoms with E-state index in [9.17, 15) is 0 Å². The number of hydrogen-bond donors (Lipinski definition) is 1. The Morgan fingerprint density at radius 1 is 1.16 bits per heavy atom. The topological polar surface area (TPSA) is 37.8 Å². The first-order chi connectivity index (χ1) is 9.04. The van der Waals surface area contributed by atoms with E-state index < -0.39 is 0 Å². The molecule has 1 heterocycles. The summed E-state index contributed by atoms with van der Waals surface area (Å²) in [6, 6.07) is 2.64. The zero-order chi connectivity index (χ0) is 13.8. The summed E-state index contributed by atoms with van der Waals surface area (Å²) in [6.07, 6.45) is 6.50. The minimum Gasteiger partial charge on any atom is -0.351 e. The molecule has 2 unspecified atom stereocenters. The van der Waals surface area contributed by atoms with Crippen LogP contribution in [0.2, 0.25) is 0 Å². The summed E-state index contributed by atoms with van der Waals surface area (Å²) in [5, 5.41) is 3.56. The van der Waals surface area contributed by atoms with Crippen molar-refractivity contribution in [3.63, 3.8) is 0 Å². The second kappa shape index (κ2) is 6.36. The van der Waals surface area contributed by atoms with Crippen LogP contribution in [-0.2, 0) is 0 Å². The van der Waals surface area contributed by atoms with E-state index in [2.05, 4.69) is 42.1 Å². The molecule has 0 bridgehead atoms. The molecule has 0 saturated heterocycles. The fourth-order valence-corrected chi connectivity index (χ4v) is 2.77. The molecule has 1 aliphatic carbocycles. The average molecular weight is 261 g/mol. The van der Waals surface area contributed by atoms with Crippen molar-refractivity contribution >= 4 is 5.95 Å². The first kappa shape index (κ1) is 14.3. The molecule has 2 atom stereocenters. The summed E-state index contributed by atoms with van der Waals surface area (Å²) >= 11 is 0. The summed E-state index contributed by atoms with van der Waals surface area (Å²) in [4.78, 5) is 9.19. The van der Waals surface area contributed by atoms with Gasteiger partial charge < -0.3 is 5.32 Å². The fraction of sp³-hybridized carbons (Fsp3) is 0.750. The molecular weight excluding hydrogens is 234 g/mol. The van der Waals surface area contributed by atoms with E-state index in [4.69, 9.17) is 0 Å². The molecule has 0 radical (unpaired) electrons. The Hall–Kier alpha value is -1.12. The van der Waals surface area contributed by atoms with Crippen LogP contribution in [0.25, 0.3) is 0 Å². The summed E-state index contributed by atoms with van der Waals surface area (Å²) in [5.41, 5.74) is 2.19. The molecule has 0 amide bonds. The molecule has 1 N–H and O–H groups in total. The molecule has 1 fully saturated rings. The minimum atomic E-state index is 0.455. The highest BCUT2D eigenvalue weighted by atomic mass is 15.1. The van der Waals surface area contributed by atoms with Gasteiger partial charge in [0.2, 0.25) is 5.95 Å². The molecule has 0 aliphatic heterocycles. The van der Waals surface area contributed by atoms with E-state index in [1.165, 1.54) is 32.1 Å². The Morgan fingerprint density at radius 2 is 1.95 bits per heavy atom. The third kappa shape index (κ3) is 4.19. The van der Waals surface area contributed by atoms with E-state index in [1.54, 1.807) is 0 Å². The monoisotopic (exact) mass is 261 g/mol. The number of anilines is 1. The third-order valence-electron chi connectivity index (χ3n) is 4.06. The van der Waals surface area contributed by atoms with Crippen LogP contribution in [0.3, 0.4) is 0 Å². The van der Waals surface area contributed by atoms with E-state index in [-0.39, 0.29) is 0 Å². The predicted molar refractivity (Wildman–Crippen MR) is 80.5 cm³/mol. The molecule has 3 heteroatoms. The number of rotatable bonds is 3. The second-order valence-electron chi connectivity index (χ2n) is 6.37. The maximum atomic E-state index is 4.65.